The highest BCUT2D eigenvalue weighted by Crippen LogP contribution is 2.37. The van der Waals surface area contributed by atoms with E-state index in [0.717, 1.165) is 37.3 Å². The summed E-state index contributed by atoms with van der Waals surface area (Å²) < 4.78 is 0. The molecule has 100 valence electrons. The molecule has 0 heterocycles. The van der Waals surface area contributed by atoms with Gasteiger partial charge >= 0.3 is 0 Å². The van der Waals surface area contributed by atoms with Crippen molar-refractivity contribution in [1.29, 1.82) is 0 Å². The molecule has 0 radical (unpaired) electrons. The third-order valence-corrected chi connectivity index (χ3v) is 3.98. The molecule has 18 heavy (non-hydrogen) atoms. The van der Waals surface area contributed by atoms with Crippen LogP contribution >= 0.6 is 11.6 Å². The Kier molecular flexibility index (Phi) is 4.31. The van der Waals surface area contributed by atoms with E-state index in [-0.39, 0.29) is 5.54 Å². The summed E-state index contributed by atoms with van der Waals surface area (Å²) in [6.07, 6.45) is 5.48. The second kappa shape index (κ2) is 5.60. The van der Waals surface area contributed by atoms with Crippen molar-refractivity contribution in [2.75, 3.05) is 20.6 Å². The Morgan fingerprint density at radius 1 is 1.33 bits per heavy atom. The van der Waals surface area contributed by atoms with Gasteiger partial charge in [0.2, 0.25) is 0 Å². The molecule has 2 rings (SSSR count). The fourth-order valence-corrected chi connectivity index (χ4v) is 2.42. The predicted molar refractivity (Wildman–Crippen MR) is 78.2 cm³/mol. The minimum absolute atomic E-state index is 0.0336. The van der Waals surface area contributed by atoms with Gasteiger partial charge in [-0.3, -0.25) is 0 Å². The normalized spacial score (nSPS) is 17.2. The summed E-state index contributed by atoms with van der Waals surface area (Å²) in [5.41, 5.74) is 8.80. The third kappa shape index (κ3) is 3.98. The average molecular weight is 267 g/mol. The van der Waals surface area contributed by atoms with Crippen molar-refractivity contribution in [1.82, 2.24) is 4.90 Å². The van der Waals surface area contributed by atoms with E-state index >= 15 is 0 Å². The third-order valence-electron chi connectivity index (χ3n) is 3.62. The van der Waals surface area contributed by atoms with E-state index in [1.807, 2.05) is 6.07 Å². The van der Waals surface area contributed by atoms with Gasteiger partial charge in [0.05, 0.1) is 0 Å². The summed E-state index contributed by atoms with van der Waals surface area (Å²) in [5.74, 6) is 0. The number of benzene rings is 1. The summed E-state index contributed by atoms with van der Waals surface area (Å²) in [7, 11) is 4.22. The van der Waals surface area contributed by atoms with Crippen molar-refractivity contribution in [2.24, 2.45) is 5.73 Å². The van der Waals surface area contributed by atoms with Crippen molar-refractivity contribution in [3.05, 3.63) is 34.3 Å². The fourth-order valence-electron chi connectivity index (χ4n) is 2.24. The SMILES string of the molecule is CN(C)CCCc1ccc(Cl)c(CC2(N)CC2)c1. The highest BCUT2D eigenvalue weighted by atomic mass is 35.5. The molecule has 0 saturated heterocycles. The first-order chi connectivity index (χ1) is 8.48. The molecule has 1 saturated carbocycles. The standard InChI is InChI=1S/C15H23ClN2/c1-18(2)9-3-4-12-5-6-14(16)13(10-12)11-15(17)7-8-15/h5-6,10H,3-4,7-9,11,17H2,1-2H3. The highest BCUT2D eigenvalue weighted by Gasteiger charge is 2.38. The molecule has 1 aromatic rings. The smallest absolute Gasteiger partial charge is 0.0438 e. The first-order valence-corrected chi connectivity index (χ1v) is 7.07. The van der Waals surface area contributed by atoms with E-state index in [0.29, 0.717) is 0 Å². The summed E-state index contributed by atoms with van der Waals surface area (Å²) in [5, 5.41) is 0.864. The molecular weight excluding hydrogens is 244 g/mol. The van der Waals surface area contributed by atoms with E-state index in [1.165, 1.54) is 17.5 Å². The second-order valence-corrected chi connectivity index (χ2v) is 6.28. The van der Waals surface area contributed by atoms with Crippen molar-refractivity contribution < 1.29 is 0 Å². The van der Waals surface area contributed by atoms with Crippen LogP contribution in [-0.4, -0.2) is 31.1 Å². The molecular formula is C15H23ClN2. The summed E-state index contributed by atoms with van der Waals surface area (Å²) in [6.45, 7) is 1.12. The maximum absolute atomic E-state index is 6.25. The Bertz CT molecular complexity index is 411. The lowest BCUT2D eigenvalue weighted by Gasteiger charge is -2.13. The Labute approximate surface area is 115 Å². The van der Waals surface area contributed by atoms with Crippen LogP contribution in [0.3, 0.4) is 0 Å². The molecule has 0 amide bonds. The number of nitrogens with two attached hydrogens (primary N) is 1. The molecule has 0 spiro atoms. The maximum Gasteiger partial charge on any atom is 0.0438 e. The van der Waals surface area contributed by atoms with Crippen LogP contribution in [0.1, 0.15) is 30.4 Å². The second-order valence-electron chi connectivity index (χ2n) is 5.87. The predicted octanol–water partition coefficient (Wildman–Crippen LogP) is 2.87. The number of rotatable bonds is 6. The molecule has 0 aliphatic heterocycles. The van der Waals surface area contributed by atoms with Crippen molar-refractivity contribution in [2.45, 2.75) is 37.6 Å². The van der Waals surface area contributed by atoms with Crippen molar-refractivity contribution >= 4 is 11.6 Å². The topological polar surface area (TPSA) is 29.3 Å². The molecule has 2 N–H and O–H groups in total. The monoisotopic (exact) mass is 266 g/mol. The van der Waals surface area contributed by atoms with Gasteiger partial charge < -0.3 is 10.6 Å². The maximum atomic E-state index is 6.25. The van der Waals surface area contributed by atoms with E-state index < -0.39 is 0 Å². The first-order valence-electron chi connectivity index (χ1n) is 6.69. The van der Waals surface area contributed by atoms with E-state index in [2.05, 4.69) is 31.1 Å². The van der Waals surface area contributed by atoms with Gasteiger partial charge in [0.15, 0.2) is 0 Å². The van der Waals surface area contributed by atoms with Gasteiger partial charge in [-0.1, -0.05) is 23.7 Å². The largest absolute Gasteiger partial charge is 0.325 e. The summed E-state index contributed by atoms with van der Waals surface area (Å²) >= 11 is 6.25. The van der Waals surface area contributed by atoms with Gasteiger partial charge in [-0.25, -0.2) is 0 Å². The molecule has 3 heteroatoms. The zero-order chi connectivity index (χ0) is 13.2. The van der Waals surface area contributed by atoms with Gasteiger partial charge in [0.25, 0.3) is 0 Å². The van der Waals surface area contributed by atoms with Crippen LogP contribution in [-0.2, 0) is 12.8 Å². The van der Waals surface area contributed by atoms with Gasteiger partial charge in [-0.2, -0.15) is 0 Å². The molecule has 1 aliphatic rings. The molecule has 1 aliphatic carbocycles. The zero-order valence-corrected chi connectivity index (χ0v) is 12.1. The molecule has 1 aromatic carbocycles. The molecule has 0 aromatic heterocycles. The van der Waals surface area contributed by atoms with Crippen LogP contribution in [0.5, 0.6) is 0 Å². The summed E-state index contributed by atoms with van der Waals surface area (Å²) in [4.78, 5) is 2.22. The first kappa shape index (κ1) is 13.9. The number of aryl methyl sites for hydroxylation is 1. The van der Waals surface area contributed by atoms with Crippen LogP contribution in [0.25, 0.3) is 0 Å². The van der Waals surface area contributed by atoms with Crippen LogP contribution in [0.15, 0.2) is 18.2 Å². The zero-order valence-electron chi connectivity index (χ0n) is 11.4. The van der Waals surface area contributed by atoms with Gasteiger partial charge in [0, 0.05) is 10.6 Å². The highest BCUT2D eigenvalue weighted by molar-refractivity contribution is 6.31. The molecule has 0 bridgehead atoms. The van der Waals surface area contributed by atoms with Gasteiger partial charge in [-0.05, 0) is 69.9 Å². The molecule has 2 nitrogen and oxygen atoms in total. The van der Waals surface area contributed by atoms with E-state index in [4.69, 9.17) is 17.3 Å². The van der Waals surface area contributed by atoms with Crippen molar-refractivity contribution in [3.8, 4) is 0 Å². The van der Waals surface area contributed by atoms with Crippen LogP contribution in [0.2, 0.25) is 5.02 Å². The summed E-state index contributed by atoms with van der Waals surface area (Å²) in [6, 6.07) is 6.40. The number of halogens is 1. The molecule has 0 atom stereocenters. The lowest BCUT2D eigenvalue weighted by Crippen LogP contribution is -2.24. The molecule has 1 fully saturated rings. The Balaban J connectivity index is 1.97. The lowest BCUT2D eigenvalue weighted by molar-refractivity contribution is 0.400. The van der Waals surface area contributed by atoms with Crippen molar-refractivity contribution in [3.63, 3.8) is 0 Å². The van der Waals surface area contributed by atoms with Crippen LogP contribution in [0, 0.1) is 0 Å². The average Bonchev–Trinajstić information content (AvgIpc) is 3.00. The van der Waals surface area contributed by atoms with E-state index in [9.17, 15) is 0 Å². The molecule has 0 unspecified atom stereocenters. The van der Waals surface area contributed by atoms with Crippen LogP contribution in [0.4, 0.5) is 0 Å². The fraction of sp³-hybridized carbons (Fsp3) is 0.600. The van der Waals surface area contributed by atoms with Gasteiger partial charge in [0.1, 0.15) is 0 Å². The Morgan fingerprint density at radius 3 is 2.67 bits per heavy atom. The number of hydrogen-bond acceptors (Lipinski definition) is 2. The Hall–Kier alpha value is -0.570. The Morgan fingerprint density at radius 2 is 2.06 bits per heavy atom. The number of nitrogens with zero attached hydrogens (tertiary/aromatic N) is 1. The van der Waals surface area contributed by atoms with E-state index in [1.54, 1.807) is 0 Å². The van der Waals surface area contributed by atoms with Gasteiger partial charge in [-0.15, -0.1) is 0 Å². The van der Waals surface area contributed by atoms with Crippen LogP contribution < -0.4 is 5.73 Å². The minimum Gasteiger partial charge on any atom is -0.325 e. The minimum atomic E-state index is 0.0336. The number of hydrogen-bond donors (Lipinski definition) is 1. The quantitative estimate of drug-likeness (QED) is 0.858. The lowest BCUT2D eigenvalue weighted by atomic mass is 10.0.